The maximum Gasteiger partial charge on any atom is 0.0615 e. The molecule has 2 aromatic carbocycles. The molecule has 1 atom stereocenters. The highest BCUT2D eigenvalue weighted by Gasteiger charge is 2.21. The van der Waals surface area contributed by atoms with Crippen molar-refractivity contribution in [3.05, 3.63) is 66.0 Å². The van der Waals surface area contributed by atoms with Gasteiger partial charge in [-0.3, -0.25) is 0 Å². The molecule has 106 valence electrons. The molecule has 2 aromatic rings. The van der Waals surface area contributed by atoms with Crippen LogP contribution in [0.1, 0.15) is 22.7 Å². The second-order valence-electron chi connectivity index (χ2n) is 4.48. The van der Waals surface area contributed by atoms with Crippen LogP contribution in [0.5, 0.6) is 0 Å². The summed E-state index contributed by atoms with van der Waals surface area (Å²) in [7, 11) is 1.89. The minimum atomic E-state index is -0.0810. The summed E-state index contributed by atoms with van der Waals surface area (Å²) in [5.74, 6) is 0. The van der Waals surface area contributed by atoms with Gasteiger partial charge in [-0.2, -0.15) is 0 Å². The average molecular weight is 438 g/mol. The number of rotatable bonds is 3. The molecule has 20 heavy (non-hydrogen) atoms. The lowest BCUT2D eigenvalue weighted by atomic mass is 9.98. The van der Waals surface area contributed by atoms with Crippen molar-refractivity contribution in [2.24, 2.45) is 0 Å². The van der Waals surface area contributed by atoms with Gasteiger partial charge in [0.15, 0.2) is 0 Å². The van der Waals surface area contributed by atoms with Gasteiger partial charge < -0.3 is 5.32 Å². The zero-order chi connectivity index (χ0) is 14.9. The number of benzene rings is 2. The molecule has 1 unspecified atom stereocenters. The lowest BCUT2D eigenvalue weighted by molar-refractivity contribution is 0.688. The van der Waals surface area contributed by atoms with Crippen LogP contribution in [0.3, 0.4) is 0 Å². The van der Waals surface area contributed by atoms with Crippen molar-refractivity contribution >= 4 is 55.1 Å². The van der Waals surface area contributed by atoms with Gasteiger partial charge in [0.1, 0.15) is 0 Å². The van der Waals surface area contributed by atoms with Crippen LogP contribution in [-0.2, 0) is 0 Å². The topological polar surface area (TPSA) is 12.0 Å². The quantitative estimate of drug-likeness (QED) is 0.608. The first kappa shape index (κ1) is 16.3. The fourth-order valence-corrected chi connectivity index (χ4v) is 3.79. The molecule has 0 aliphatic heterocycles. The third-order valence-electron chi connectivity index (χ3n) is 3.17. The van der Waals surface area contributed by atoms with E-state index in [-0.39, 0.29) is 6.04 Å². The smallest absolute Gasteiger partial charge is 0.0615 e. The molecular weight excluding hydrogens is 425 g/mol. The van der Waals surface area contributed by atoms with Crippen molar-refractivity contribution in [3.63, 3.8) is 0 Å². The van der Waals surface area contributed by atoms with Crippen LogP contribution < -0.4 is 5.32 Å². The number of halogens is 4. The van der Waals surface area contributed by atoms with Crippen LogP contribution >= 0.6 is 55.1 Å². The van der Waals surface area contributed by atoms with Gasteiger partial charge in [0, 0.05) is 24.6 Å². The minimum absolute atomic E-state index is 0.0810. The van der Waals surface area contributed by atoms with E-state index in [2.05, 4.69) is 56.2 Å². The van der Waals surface area contributed by atoms with Gasteiger partial charge in [-0.05, 0) is 49.4 Å². The molecule has 2 rings (SSSR count). The summed E-state index contributed by atoms with van der Waals surface area (Å²) in [6, 6.07) is 9.63. The lowest BCUT2D eigenvalue weighted by Gasteiger charge is -2.22. The lowest BCUT2D eigenvalue weighted by Crippen LogP contribution is -2.19. The molecule has 0 amide bonds. The Morgan fingerprint density at radius 3 is 2.20 bits per heavy atom. The summed E-state index contributed by atoms with van der Waals surface area (Å²) in [6.07, 6.45) is 0. The normalized spacial score (nSPS) is 12.5. The van der Waals surface area contributed by atoms with E-state index in [1.807, 2.05) is 25.2 Å². The minimum Gasteiger partial charge on any atom is -0.309 e. The molecule has 0 aliphatic carbocycles. The van der Waals surface area contributed by atoms with E-state index >= 15 is 0 Å². The van der Waals surface area contributed by atoms with Crippen LogP contribution in [0.15, 0.2) is 39.3 Å². The molecule has 0 bridgehead atoms. The van der Waals surface area contributed by atoms with E-state index in [4.69, 9.17) is 23.2 Å². The van der Waals surface area contributed by atoms with E-state index in [0.29, 0.717) is 10.0 Å². The van der Waals surface area contributed by atoms with Gasteiger partial charge >= 0.3 is 0 Å². The Morgan fingerprint density at radius 1 is 1.05 bits per heavy atom. The van der Waals surface area contributed by atoms with Gasteiger partial charge in [0.05, 0.1) is 6.04 Å². The van der Waals surface area contributed by atoms with Gasteiger partial charge in [-0.15, -0.1) is 0 Å². The first-order valence-electron chi connectivity index (χ1n) is 6.02. The summed E-state index contributed by atoms with van der Waals surface area (Å²) in [5, 5.41) is 4.59. The first-order valence-corrected chi connectivity index (χ1v) is 8.36. The predicted octanol–water partition coefficient (Wildman–Crippen LogP) is 6.14. The standard InChI is InChI=1S/C15H13Br2Cl2N/c1-8-6-11(17)9(7-10(8)16)15(20-2)14-12(18)4-3-5-13(14)19/h3-7,15,20H,1-2H3. The second-order valence-corrected chi connectivity index (χ2v) is 7.00. The predicted molar refractivity (Wildman–Crippen MR) is 93.9 cm³/mol. The Hall–Kier alpha value is -0.0600. The van der Waals surface area contributed by atoms with E-state index in [9.17, 15) is 0 Å². The fourth-order valence-electron chi connectivity index (χ4n) is 2.12. The van der Waals surface area contributed by atoms with Crippen molar-refractivity contribution in [2.75, 3.05) is 7.05 Å². The highest BCUT2D eigenvalue weighted by atomic mass is 79.9. The molecular formula is C15H13Br2Cl2N. The van der Waals surface area contributed by atoms with Crippen molar-refractivity contribution in [1.29, 1.82) is 0 Å². The monoisotopic (exact) mass is 435 g/mol. The van der Waals surface area contributed by atoms with Gasteiger partial charge in [-0.25, -0.2) is 0 Å². The maximum atomic E-state index is 6.32. The molecule has 0 spiro atoms. The maximum absolute atomic E-state index is 6.32. The van der Waals surface area contributed by atoms with Crippen LogP contribution in [-0.4, -0.2) is 7.05 Å². The summed E-state index contributed by atoms with van der Waals surface area (Å²) >= 11 is 19.8. The zero-order valence-corrected chi connectivity index (χ0v) is 15.7. The second kappa shape index (κ2) is 6.80. The van der Waals surface area contributed by atoms with E-state index in [0.717, 1.165) is 20.1 Å². The molecule has 0 aliphatic rings. The van der Waals surface area contributed by atoms with Crippen LogP contribution in [0.2, 0.25) is 10.0 Å². The summed E-state index contributed by atoms with van der Waals surface area (Å²) in [5.41, 5.74) is 3.13. The Kier molecular flexibility index (Phi) is 5.55. The fraction of sp³-hybridized carbons (Fsp3) is 0.200. The summed E-state index contributed by atoms with van der Waals surface area (Å²) in [4.78, 5) is 0. The van der Waals surface area contributed by atoms with Gasteiger partial charge in [0.2, 0.25) is 0 Å². The van der Waals surface area contributed by atoms with Gasteiger partial charge in [-0.1, -0.05) is 61.1 Å². The molecule has 1 nitrogen and oxygen atoms in total. The van der Waals surface area contributed by atoms with E-state index in [1.165, 1.54) is 5.56 Å². The molecule has 5 heteroatoms. The van der Waals surface area contributed by atoms with Crippen LogP contribution in [0.4, 0.5) is 0 Å². The van der Waals surface area contributed by atoms with Crippen molar-refractivity contribution < 1.29 is 0 Å². The third kappa shape index (κ3) is 3.23. The summed E-state index contributed by atoms with van der Waals surface area (Å²) in [6.45, 7) is 2.05. The van der Waals surface area contributed by atoms with Crippen molar-refractivity contribution in [3.8, 4) is 0 Å². The highest BCUT2D eigenvalue weighted by molar-refractivity contribution is 9.11. The molecule has 0 saturated heterocycles. The molecule has 0 heterocycles. The SMILES string of the molecule is CNC(c1cc(Br)c(C)cc1Br)c1c(Cl)cccc1Cl. The Morgan fingerprint density at radius 2 is 1.65 bits per heavy atom. The largest absolute Gasteiger partial charge is 0.309 e. The number of hydrogen-bond donors (Lipinski definition) is 1. The van der Waals surface area contributed by atoms with Gasteiger partial charge in [0.25, 0.3) is 0 Å². The molecule has 1 N–H and O–H groups in total. The molecule has 0 saturated carbocycles. The number of nitrogens with one attached hydrogen (secondary N) is 1. The van der Waals surface area contributed by atoms with Crippen LogP contribution in [0.25, 0.3) is 0 Å². The Bertz CT molecular complexity index is 624. The van der Waals surface area contributed by atoms with E-state index < -0.39 is 0 Å². The number of hydrogen-bond acceptors (Lipinski definition) is 1. The summed E-state index contributed by atoms with van der Waals surface area (Å²) < 4.78 is 2.08. The Balaban J connectivity index is 2.62. The Labute approximate surface area is 145 Å². The molecule has 0 radical (unpaired) electrons. The average Bonchev–Trinajstić information content (AvgIpc) is 2.39. The van der Waals surface area contributed by atoms with E-state index in [1.54, 1.807) is 0 Å². The molecule has 0 fully saturated rings. The van der Waals surface area contributed by atoms with Crippen molar-refractivity contribution in [2.45, 2.75) is 13.0 Å². The van der Waals surface area contributed by atoms with Crippen LogP contribution in [0, 0.1) is 6.92 Å². The third-order valence-corrected chi connectivity index (χ3v) is 5.37. The highest BCUT2D eigenvalue weighted by Crippen LogP contribution is 2.38. The number of aryl methyl sites for hydroxylation is 1. The first-order chi connectivity index (χ1) is 9.45. The van der Waals surface area contributed by atoms with Crippen molar-refractivity contribution in [1.82, 2.24) is 5.32 Å². The molecule has 0 aromatic heterocycles. The zero-order valence-electron chi connectivity index (χ0n) is 11.0.